The predicted molar refractivity (Wildman–Crippen MR) is 119 cm³/mol. The summed E-state index contributed by atoms with van der Waals surface area (Å²) in [5.74, 6) is -0.383. The van der Waals surface area contributed by atoms with Crippen LogP contribution >= 0.6 is 0 Å². The fourth-order valence-electron chi connectivity index (χ4n) is 3.52. The lowest BCUT2D eigenvalue weighted by Gasteiger charge is -2.12. The molecule has 0 radical (unpaired) electrons. The lowest BCUT2D eigenvalue weighted by molar-refractivity contribution is -0.138. The molecule has 2 aromatic heterocycles. The molecule has 0 spiro atoms. The summed E-state index contributed by atoms with van der Waals surface area (Å²) >= 11 is 0. The van der Waals surface area contributed by atoms with Crippen LogP contribution in [0.3, 0.4) is 0 Å². The Morgan fingerprint density at radius 1 is 0.861 bits per heavy atom. The number of nitrogens with zero attached hydrogens (tertiary/aromatic N) is 1. The molecule has 0 N–H and O–H groups in total. The molecule has 0 amide bonds. The Labute approximate surface area is 199 Å². The number of aromatic nitrogens is 1. The Hall–Kier alpha value is -3.67. The summed E-state index contributed by atoms with van der Waals surface area (Å²) in [5.41, 5.74) is -3.22. The molecule has 0 aliphatic carbocycles. The minimum Gasteiger partial charge on any atom is -0.463 e. The number of rotatable bonds is 4. The Balaban J connectivity index is 1.88. The zero-order chi connectivity index (χ0) is 26.5. The SMILES string of the molecule is CCS(=O)(=O)c1cc(-c2ccc(C(F)(F)F)cc2)cnc1-c1coc2cc(C(F)(F)F)ccc2c1=O. The predicted octanol–water partition coefficient (Wildman–Crippen LogP) is 6.35. The Morgan fingerprint density at radius 2 is 1.47 bits per heavy atom. The molecule has 0 saturated carbocycles. The van der Waals surface area contributed by atoms with Gasteiger partial charge in [-0.15, -0.1) is 0 Å². The van der Waals surface area contributed by atoms with Gasteiger partial charge in [0.2, 0.25) is 5.43 Å². The molecule has 0 saturated heterocycles. The maximum Gasteiger partial charge on any atom is 0.416 e. The van der Waals surface area contributed by atoms with E-state index in [-0.39, 0.29) is 44.0 Å². The molecule has 0 unspecified atom stereocenters. The van der Waals surface area contributed by atoms with Gasteiger partial charge in [-0.05, 0) is 42.0 Å². The van der Waals surface area contributed by atoms with Gasteiger partial charge in [0, 0.05) is 11.8 Å². The first-order valence-electron chi connectivity index (χ1n) is 10.3. The summed E-state index contributed by atoms with van der Waals surface area (Å²) in [7, 11) is -4.01. The van der Waals surface area contributed by atoms with Crippen LogP contribution in [-0.4, -0.2) is 19.2 Å². The van der Waals surface area contributed by atoms with Crippen molar-refractivity contribution in [2.24, 2.45) is 0 Å². The highest BCUT2D eigenvalue weighted by Crippen LogP contribution is 2.34. The van der Waals surface area contributed by atoms with Crippen LogP contribution in [0.25, 0.3) is 33.4 Å². The molecule has 5 nitrogen and oxygen atoms in total. The maximum absolute atomic E-state index is 13.1. The highest BCUT2D eigenvalue weighted by Gasteiger charge is 2.32. The van der Waals surface area contributed by atoms with E-state index in [0.717, 1.165) is 36.6 Å². The molecule has 36 heavy (non-hydrogen) atoms. The van der Waals surface area contributed by atoms with Crippen LogP contribution in [0.5, 0.6) is 0 Å². The van der Waals surface area contributed by atoms with Gasteiger partial charge in [-0.2, -0.15) is 26.3 Å². The van der Waals surface area contributed by atoms with E-state index in [1.54, 1.807) is 0 Å². The molecule has 0 bridgehead atoms. The third-order valence-corrected chi connectivity index (χ3v) is 7.21. The quantitative estimate of drug-likeness (QED) is 0.289. The fourth-order valence-corrected chi connectivity index (χ4v) is 4.59. The summed E-state index contributed by atoms with van der Waals surface area (Å²) in [5, 5.41) is -0.214. The summed E-state index contributed by atoms with van der Waals surface area (Å²) in [6.45, 7) is 1.35. The van der Waals surface area contributed by atoms with Crippen LogP contribution < -0.4 is 5.43 Å². The molecule has 0 fully saturated rings. The van der Waals surface area contributed by atoms with Crippen molar-refractivity contribution in [2.45, 2.75) is 24.2 Å². The van der Waals surface area contributed by atoms with Gasteiger partial charge >= 0.3 is 12.4 Å². The number of hydrogen-bond acceptors (Lipinski definition) is 5. The van der Waals surface area contributed by atoms with Gasteiger partial charge in [0.15, 0.2) is 9.84 Å². The highest BCUT2D eigenvalue weighted by molar-refractivity contribution is 7.91. The van der Waals surface area contributed by atoms with Gasteiger partial charge in [-0.25, -0.2) is 8.42 Å². The Bertz CT molecular complexity index is 1620. The summed E-state index contributed by atoms with van der Waals surface area (Å²) in [6, 6.07) is 7.46. The highest BCUT2D eigenvalue weighted by atomic mass is 32.2. The third-order valence-electron chi connectivity index (χ3n) is 5.47. The Morgan fingerprint density at radius 3 is 2.06 bits per heavy atom. The minimum absolute atomic E-state index is 0.180. The topological polar surface area (TPSA) is 77.2 Å². The number of fused-ring (bicyclic) bond motifs is 1. The molecule has 2 heterocycles. The van der Waals surface area contributed by atoms with Crippen molar-refractivity contribution in [1.29, 1.82) is 0 Å². The van der Waals surface area contributed by atoms with Gasteiger partial charge in [0.1, 0.15) is 11.8 Å². The molecular weight excluding hydrogens is 512 g/mol. The third kappa shape index (κ3) is 4.72. The van der Waals surface area contributed by atoms with Crippen molar-refractivity contribution in [3.8, 4) is 22.4 Å². The van der Waals surface area contributed by atoms with E-state index >= 15 is 0 Å². The lowest BCUT2D eigenvalue weighted by Crippen LogP contribution is -2.12. The van der Waals surface area contributed by atoms with E-state index in [1.807, 2.05) is 0 Å². The largest absolute Gasteiger partial charge is 0.463 e. The number of pyridine rings is 1. The zero-order valence-electron chi connectivity index (χ0n) is 18.2. The van der Waals surface area contributed by atoms with Crippen LogP contribution in [0.15, 0.2) is 75.1 Å². The molecule has 2 aromatic carbocycles. The molecule has 0 aliphatic rings. The number of hydrogen-bond donors (Lipinski definition) is 0. The Kier molecular flexibility index (Phi) is 6.19. The first-order chi connectivity index (χ1) is 16.7. The van der Waals surface area contributed by atoms with Gasteiger partial charge in [0.05, 0.1) is 38.4 Å². The van der Waals surface area contributed by atoms with Gasteiger partial charge in [-0.1, -0.05) is 19.1 Å². The van der Waals surface area contributed by atoms with Crippen LogP contribution in [0, 0.1) is 0 Å². The molecule has 0 aliphatic heterocycles. The van der Waals surface area contributed by atoms with Crippen molar-refractivity contribution < 1.29 is 39.2 Å². The summed E-state index contributed by atoms with van der Waals surface area (Å²) in [6.07, 6.45) is -7.20. The van der Waals surface area contributed by atoms with Crippen LogP contribution in [0.4, 0.5) is 26.3 Å². The summed E-state index contributed by atoms with van der Waals surface area (Å²) < 4.78 is 109. The lowest BCUT2D eigenvalue weighted by atomic mass is 10.0. The fraction of sp³-hybridized carbons (Fsp3) is 0.167. The maximum atomic E-state index is 13.1. The van der Waals surface area contributed by atoms with Crippen molar-refractivity contribution >= 4 is 20.8 Å². The molecule has 188 valence electrons. The van der Waals surface area contributed by atoms with Crippen molar-refractivity contribution in [2.75, 3.05) is 5.75 Å². The standard InChI is InChI=1S/C24H15F6NO4S/c1-2-36(33,34)20-9-14(13-3-5-15(6-4-13)23(25,26)27)11-31-21(20)18-12-35-19-10-16(24(28,29)30)7-8-17(19)22(18)32/h3-12H,2H2,1H3. The number of halogens is 6. The number of benzene rings is 2. The van der Waals surface area contributed by atoms with Crippen molar-refractivity contribution in [3.63, 3.8) is 0 Å². The average molecular weight is 527 g/mol. The first-order valence-corrected chi connectivity index (χ1v) is 11.9. The second-order valence-electron chi connectivity index (χ2n) is 7.74. The monoisotopic (exact) mass is 527 g/mol. The smallest absolute Gasteiger partial charge is 0.416 e. The number of sulfone groups is 1. The van der Waals surface area contributed by atoms with E-state index < -0.39 is 38.7 Å². The van der Waals surface area contributed by atoms with E-state index in [9.17, 15) is 39.6 Å². The molecule has 0 atom stereocenters. The molecule has 12 heteroatoms. The van der Waals surface area contributed by atoms with Crippen molar-refractivity contribution in [1.82, 2.24) is 4.98 Å². The van der Waals surface area contributed by atoms with E-state index in [1.165, 1.54) is 19.2 Å². The van der Waals surface area contributed by atoms with E-state index in [0.29, 0.717) is 12.1 Å². The van der Waals surface area contributed by atoms with Gasteiger partial charge in [-0.3, -0.25) is 9.78 Å². The van der Waals surface area contributed by atoms with E-state index in [2.05, 4.69) is 4.98 Å². The minimum atomic E-state index is -4.66. The van der Waals surface area contributed by atoms with Crippen molar-refractivity contribution in [3.05, 3.63) is 82.3 Å². The van der Waals surface area contributed by atoms with Crippen LogP contribution in [-0.2, 0) is 22.2 Å². The first kappa shape index (κ1) is 25.4. The van der Waals surface area contributed by atoms with E-state index in [4.69, 9.17) is 4.42 Å². The average Bonchev–Trinajstić information content (AvgIpc) is 2.83. The van der Waals surface area contributed by atoms with Gasteiger partial charge < -0.3 is 4.42 Å². The molecule has 4 aromatic rings. The van der Waals surface area contributed by atoms with Crippen LogP contribution in [0.2, 0.25) is 0 Å². The second-order valence-corrected chi connectivity index (χ2v) is 9.98. The van der Waals surface area contributed by atoms with Crippen LogP contribution in [0.1, 0.15) is 18.1 Å². The zero-order valence-corrected chi connectivity index (χ0v) is 19.1. The normalized spacial score (nSPS) is 12.8. The molecular formula is C24H15F6NO4S. The number of alkyl halides is 6. The summed E-state index contributed by atoms with van der Waals surface area (Å²) in [4.78, 5) is 16.8. The second kappa shape index (κ2) is 8.77. The van der Waals surface area contributed by atoms with Gasteiger partial charge in [0.25, 0.3) is 0 Å². The molecule has 4 rings (SSSR count).